The Hall–Kier alpha value is -0.940. The number of hydrogen-bond acceptors (Lipinski definition) is 4. The van der Waals surface area contributed by atoms with Crippen LogP contribution in [0.4, 0.5) is 0 Å². The van der Waals surface area contributed by atoms with Gasteiger partial charge in [0.1, 0.15) is 0 Å². The van der Waals surface area contributed by atoms with Crippen LogP contribution in [0.15, 0.2) is 36.0 Å². The van der Waals surface area contributed by atoms with Crippen LogP contribution in [0.3, 0.4) is 0 Å². The Labute approximate surface area is 361 Å². The SMILES string of the molecule is CCCCC/C=C\C/C=C\CCCCCCCCOCC(CN(C)C)OCCCCO[C@H]1CC[C@@]2(C)C(=CC[C@H]3[C@@H]4CC[C@H](C(C)CCCC(C)C)[C@@]4(C)CC[C@@H]32)C1. The maximum atomic E-state index is 6.59. The summed E-state index contributed by atoms with van der Waals surface area (Å²) in [6.07, 6.45) is 45.4. The van der Waals surface area contributed by atoms with Gasteiger partial charge < -0.3 is 19.1 Å². The van der Waals surface area contributed by atoms with Gasteiger partial charge in [0.25, 0.3) is 0 Å². The molecule has 0 aromatic heterocycles. The van der Waals surface area contributed by atoms with Crippen molar-refractivity contribution in [3.05, 3.63) is 36.0 Å². The van der Waals surface area contributed by atoms with Crippen LogP contribution in [-0.2, 0) is 14.2 Å². The molecule has 4 aliphatic carbocycles. The second-order valence-corrected chi connectivity index (χ2v) is 21.1. The smallest absolute Gasteiger partial charge is 0.0934 e. The molecule has 4 rings (SSSR count). The Balaban J connectivity index is 1.04. The minimum atomic E-state index is 0.143. The van der Waals surface area contributed by atoms with Gasteiger partial charge in [-0.15, -0.1) is 0 Å². The average Bonchev–Trinajstić information content (AvgIpc) is 3.55. The van der Waals surface area contributed by atoms with E-state index >= 15 is 0 Å². The highest BCUT2D eigenvalue weighted by Crippen LogP contribution is 2.67. The molecule has 0 spiro atoms. The third-order valence-electron chi connectivity index (χ3n) is 15.9. The van der Waals surface area contributed by atoms with E-state index in [4.69, 9.17) is 14.2 Å². The van der Waals surface area contributed by atoms with Gasteiger partial charge in [0, 0.05) is 26.4 Å². The van der Waals surface area contributed by atoms with Crippen molar-refractivity contribution >= 4 is 0 Å². The molecule has 58 heavy (non-hydrogen) atoms. The molecule has 0 N–H and O–H groups in total. The first-order valence-electron chi connectivity index (χ1n) is 25.5. The Kier molecular flexibility index (Phi) is 23.3. The van der Waals surface area contributed by atoms with Crippen molar-refractivity contribution < 1.29 is 14.2 Å². The number of hydrogen-bond donors (Lipinski definition) is 0. The van der Waals surface area contributed by atoms with Crippen LogP contribution in [0.25, 0.3) is 0 Å². The molecule has 0 radical (unpaired) electrons. The lowest BCUT2D eigenvalue weighted by Crippen LogP contribution is -2.51. The van der Waals surface area contributed by atoms with Crippen molar-refractivity contribution in [3.8, 4) is 0 Å². The van der Waals surface area contributed by atoms with Crippen molar-refractivity contribution in [2.45, 2.75) is 214 Å². The van der Waals surface area contributed by atoms with Crippen LogP contribution in [0.2, 0.25) is 0 Å². The van der Waals surface area contributed by atoms with Gasteiger partial charge in [-0.1, -0.05) is 135 Å². The topological polar surface area (TPSA) is 30.9 Å². The number of likely N-dealkylation sites (N-methyl/N-ethyl adjacent to an activating group) is 1. The largest absolute Gasteiger partial charge is 0.379 e. The second kappa shape index (κ2) is 27.2. The zero-order valence-electron chi connectivity index (χ0n) is 39.9. The molecule has 4 aliphatic rings. The van der Waals surface area contributed by atoms with E-state index in [1.165, 1.54) is 135 Å². The minimum Gasteiger partial charge on any atom is -0.379 e. The highest BCUT2D eigenvalue weighted by atomic mass is 16.5. The monoisotopic (exact) mass is 808 g/mol. The van der Waals surface area contributed by atoms with Gasteiger partial charge in [-0.3, -0.25) is 0 Å². The van der Waals surface area contributed by atoms with E-state index in [1.54, 1.807) is 5.57 Å². The van der Waals surface area contributed by atoms with E-state index in [1.807, 2.05) is 0 Å². The lowest BCUT2D eigenvalue weighted by Gasteiger charge is -2.58. The first-order valence-corrected chi connectivity index (χ1v) is 25.5. The van der Waals surface area contributed by atoms with E-state index in [2.05, 4.69) is 90.9 Å². The third kappa shape index (κ3) is 16.1. The molecule has 3 saturated carbocycles. The first-order chi connectivity index (χ1) is 28.1. The highest BCUT2D eigenvalue weighted by Gasteiger charge is 2.59. The summed E-state index contributed by atoms with van der Waals surface area (Å²) in [6.45, 7) is 19.2. The van der Waals surface area contributed by atoms with E-state index in [-0.39, 0.29) is 6.10 Å². The summed E-state index contributed by atoms with van der Waals surface area (Å²) in [5.74, 6) is 5.43. The van der Waals surface area contributed by atoms with Crippen LogP contribution >= 0.6 is 0 Å². The van der Waals surface area contributed by atoms with Gasteiger partial charge in [0.15, 0.2) is 0 Å². The zero-order chi connectivity index (χ0) is 41.6. The molecule has 3 fully saturated rings. The number of rotatable bonds is 31. The summed E-state index contributed by atoms with van der Waals surface area (Å²) in [7, 11) is 4.27. The molecule has 0 aromatic rings. The van der Waals surface area contributed by atoms with E-state index in [0.717, 1.165) is 87.6 Å². The summed E-state index contributed by atoms with van der Waals surface area (Å²) in [5.41, 5.74) is 2.74. The zero-order valence-corrected chi connectivity index (χ0v) is 39.9. The molecule has 0 saturated heterocycles. The number of allylic oxidation sites excluding steroid dienone is 5. The summed E-state index contributed by atoms with van der Waals surface area (Å²) in [6, 6.07) is 0. The minimum absolute atomic E-state index is 0.143. The van der Waals surface area contributed by atoms with E-state index in [9.17, 15) is 0 Å². The fourth-order valence-corrected chi connectivity index (χ4v) is 12.5. The first kappa shape index (κ1) is 49.7. The molecule has 336 valence electrons. The molecule has 0 aliphatic heterocycles. The third-order valence-corrected chi connectivity index (χ3v) is 15.9. The Morgan fingerprint density at radius 2 is 1.45 bits per heavy atom. The molecule has 0 heterocycles. The molecule has 4 nitrogen and oxygen atoms in total. The second-order valence-electron chi connectivity index (χ2n) is 21.1. The number of fused-ring (bicyclic) bond motifs is 5. The quantitative estimate of drug-likeness (QED) is 0.0516. The molecular formula is C54H97NO3. The highest BCUT2D eigenvalue weighted by molar-refractivity contribution is 5.25. The summed E-state index contributed by atoms with van der Waals surface area (Å²) >= 11 is 0. The van der Waals surface area contributed by atoms with Crippen LogP contribution in [0.5, 0.6) is 0 Å². The standard InChI is InChI=1S/C54H97NO3/c1-9-10-11-12-13-14-15-16-17-18-19-20-21-22-23-24-38-56-43-48(42-55(7)8)58-40-26-25-39-57-47-34-36-53(5)46(41-47)30-31-49-51-33-32-50(45(4)29-27-28-44(2)3)54(51,6)37-35-52(49)53/h13-14,16-17,30,44-45,47-52H,9-12,15,18-29,31-43H2,1-8H3/b14-13-,17-16-/t45?,47-,48?,49-,50+,51-,52-,53-,54+/m0/s1. The lowest BCUT2D eigenvalue weighted by molar-refractivity contribution is -0.0648. The van der Waals surface area contributed by atoms with Crippen molar-refractivity contribution in [1.82, 2.24) is 4.90 Å². The van der Waals surface area contributed by atoms with Crippen LogP contribution in [0.1, 0.15) is 202 Å². The van der Waals surface area contributed by atoms with E-state index < -0.39 is 0 Å². The summed E-state index contributed by atoms with van der Waals surface area (Å²) in [4.78, 5) is 2.23. The number of nitrogens with zero attached hydrogens (tertiary/aromatic N) is 1. The normalized spacial score (nSPS) is 29.6. The maximum Gasteiger partial charge on any atom is 0.0934 e. The number of unbranched alkanes of at least 4 members (excludes halogenated alkanes) is 10. The van der Waals surface area contributed by atoms with Crippen LogP contribution in [0, 0.1) is 46.3 Å². The Morgan fingerprint density at radius 3 is 2.19 bits per heavy atom. The predicted octanol–water partition coefficient (Wildman–Crippen LogP) is 15.0. The van der Waals surface area contributed by atoms with Gasteiger partial charge in [0.05, 0.1) is 18.8 Å². The van der Waals surface area contributed by atoms with Gasteiger partial charge in [-0.25, -0.2) is 0 Å². The Morgan fingerprint density at radius 1 is 0.741 bits per heavy atom. The average molecular weight is 808 g/mol. The summed E-state index contributed by atoms with van der Waals surface area (Å²) < 4.78 is 19.1. The Bertz CT molecular complexity index is 1170. The fraction of sp³-hybridized carbons (Fsp3) is 0.889. The van der Waals surface area contributed by atoms with Crippen LogP contribution < -0.4 is 0 Å². The molecule has 0 aromatic carbocycles. The fourth-order valence-electron chi connectivity index (χ4n) is 12.5. The molecule has 4 heteroatoms. The maximum absolute atomic E-state index is 6.59. The molecule has 9 atom stereocenters. The molecule has 2 unspecified atom stereocenters. The molecular weight excluding hydrogens is 711 g/mol. The number of ether oxygens (including phenoxy) is 3. The van der Waals surface area contributed by atoms with Crippen LogP contribution in [-0.4, -0.2) is 64.2 Å². The van der Waals surface area contributed by atoms with Crippen molar-refractivity contribution in [3.63, 3.8) is 0 Å². The van der Waals surface area contributed by atoms with Gasteiger partial charge in [-0.05, 0) is 163 Å². The van der Waals surface area contributed by atoms with Crippen molar-refractivity contribution in [2.75, 3.05) is 47.1 Å². The van der Waals surface area contributed by atoms with Gasteiger partial charge in [0.2, 0.25) is 0 Å². The lowest BCUT2D eigenvalue weighted by atomic mass is 9.47. The predicted molar refractivity (Wildman–Crippen MR) is 250 cm³/mol. The van der Waals surface area contributed by atoms with Gasteiger partial charge >= 0.3 is 0 Å². The molecule has 0 bridgehead atoms. The van der Waals surface area contributed by atoms with Gasteiger partial charge in [-0.2, -0.15) is 0 Å². The summed E-state index contributed by atoms with van der Waals surface area (Å²) in [5, 5.41) is 0. The van der Waals surface area contributed by atoms with E-state index in [0.29, 0.717) is 23.5 Å². The van der Waals surface area contributed by atoms with Crippen molar-refractivity contribution in [1.29, 1.82) is 0 Å². The molecule has 0 amide bonds. The van der Waals surface area contributed by atoms with Crippen molar-refractivity contribution in [2.24, 2.45) is 46.3 Å².